The normalized spacial score (nSPS) is 29.7. The molecular formula is C6H10N2O3. The summed E-state index contributed by atoms with van der Waals surface area (Å²) in [6.45, 7) is 1.83. The van der Waals surface area contributed by atoms with Crippen molar-refractivity contribution in [2.45, 2.75) is 25.4 Å². The minimum atomic E-state index is -1.15. The van der Waals surface area contributed by atoms with Crippen molar-refractivity contribution in [2.24, 2.45) is 0 Å². The van der Waals surface area contributed by atoms with E-state index in [-0.39, 0.29) is 11.9 Å². The van der Waals surface area contributed by atoms with Crippen molar-refractivity contribution >= 4 is 12.0 Å². The lowest BCUT2D eigenvalue weighted by molar-refractivity contribution is -0.120. The van der Waals surface area contributed by atoms with Crippen molar-refractivity contribution < 1.29 is 14.7 Å². The number of nitrogens with one attached hydrogen (secondary N) is 2. The zero-order valence-electron chi connectivity index (χ0n) is 6.13. The van der Waals surface area contributed by atoms with Crippen LogP contribution in [0.4, 0.5) is 4.79 Å². The average molecular weight is 158 g/mol. The van der Waals surface area contributed by atoms with E-state index in [0.29, 0.717) is 6.42 Å². The third-order valence-corrected chi connectivity index (χ3v) is 1.59. The molecule has 2 atom stereocenters. The summed E-state index contributed by atoms with van der Waals surface area (Å²) < 4.78 is 0. The largest absolute Gasteiger partial charge is 0.465 e. The highest BCUT2D eigenvalue weighted by Crippen LogP contribution is 2.06. The quantitative estimate of drug-likeness (QED) is 0.482. The van der Waals surface area contributed by atoms with Gasteiger partial charge in [-0.15, -0.1) is 0 Å². The van der Waals surface area contributed by atoms with E-state index in [2.05, 4.69) is 10.6 Å². The van der Waals surface area contributed by atoms with Crippen LogP contribution in [0, 0.1) is 0 Å². The SMILES string of the molecule is C[C@H]1C[C@H](NC(=O)O)C(=O)N1. The van der Waals surface area contributed by atoms with Crippen LogP contribution in [0.15, 0.2) is 0 Å². The van der Waals surface area contributed by atoms with Gasteiger partial charge in [0.15, 0.2) is 0 Å². The molecule has 5 nitrogen and oxygen atoms in total. The smallest absolute Gasteiger partial charge is 0.405 e. The van der Waals surface area contributed by atoms with Crippen molar-refractivity contribution in [3.05, 3.63) is 0 Å². The molecule has 1 aliphatic heterocycles. The standard InChI is InChI=1S/C6H10N2O3/c1-3-2-4(5(9)7-3)8-6(10)11/h3-4,8H,2H2,1H3,(H,7,9)(H,10,11)/t3-,4-/m0/s1. The summed E-state index contributed by atoms with van der Waals surface area (Å²) in [5, 5.41) is 13.0. The van der Waals surface area contributed by atoms with Crippen LogP contribution < -0.4 is 10.6 Å². The molecular weight excluding hydrogens is 148 g/mol. The maximum atomic E-state index is 10.9. The summed E-state index contributed by atoms with van der Waals surface area (Å²) in [4.78, 5) is 21.0. The van der Waals surface area contributed by atoms with Gasteiger partial charge < -0.3 is 15.7 Å². The van der Waals surface area contributed by atoms with Gasteiger partial charge in [0.25, 0.3) is 0 Å². The first-order chi connectivity index (χ1) is 5.09. The van der Waals surface area contributed by atoms with E-state index in [1.165, 1.54) is 0 Å². The Balaban J connectivity index is 2.47. The van der Waals surface area contributed by atoms with Gasteiger partial charge >= 0.3 is 6.09 Å². The predicted octanol–water partition coefficient (Wildman–Crippen LogP) is -0.469. The van der Waals surface area contributed by atoms with Crippen LogP contribution in [0.25, 0.3) is 0 Å². The van der Waals surface area contributed by atoms with Crippen molar-refractivity contribution in [3.63, 3.8) is 0 Å². The van der Waals surface area contributed by atoms with Crippen molar-refractivity contribution in [3.8, 4) is 0 Å². The van der Waals surface area contributed by atoms with Crippen molar-refractivity contribution in [2.75, 3.05) is 0 Å². The van der Waals surface area contributed by atoms with Crippen LogP contribution in [0.1, 0.15) is 13.3 Å². The zero-order chi connectivity index (χ0) is 8.43. The minimum Gasteiger partial charge on any atom is -0.465 e. The number of amides is 2. The highest BCUT2D eigenvalue weighted by Gasteiger charge is 2.30. The lowest BCUT2D eigenvalue weighted by Gasteiger charge is -2.04. The lowest BCUT2D eigenvalue weighted by atomic mass is 10.2. The maximum Gasteiger partial charge on any atom is 0.405 e. The first kappa shape index (κ1) is 7.84. The highest BCUT2D eigenvalue weighted by atomic mass is 16.4. The van der Waals surface area contributed by atoms with E-state index < -0.39 is 12.1 Å². The Labute approximate surface area is 63.8 Å². The molecule has 0 aromatic rings. The summed E-state index contributed by atoms with van der Waals surface area (Å²) in [6.07, 6.45) is -0.621. The Morgan fingerprint density at radius 2 is 2.45 bits per heavy atom. The Morgan fingerprint density at radius 3 is 2.82 bits per heavy atom. The van der Waals surface area contributed by atoms with E-state index in [9.17, 15) is 9.59 Å². The Bertz CT molecular complexity index is 192. The molecule has 0 aromatic carbocycles. The van der Waals surface area contributed by atoms with Crippen LogP contribution >= 0.6 is 0 Å². The summed E-state index contributed by atoms with van der Waals surface area (Å²) >= 11 is 0. The molecule has 0 spiro atoms. The number of carbonyl (C=O) groups excluding carboxylic acids is 1. The number of carbonyl (C=O) groups is 2. The van der Waals surface area contributed by atoms with E-state index in [1.54, 1.807) is 0 Å². The molecule has 1 fully saturated rings. The van der Waals surface area contributed by atoms with Crippen LogP contribution in [-0.2, 0) is 4.79 Å². The third kappa shape index (κ3) is 1.83. The molecule has 1 heterocycles. The average Bonchev–Trinajstić information content (AvgIpc) is 2.09. The molecule has 1 rings (SSSR count). The molecule has 0 aliphatic carbocycles. The topological polar surface area (TPSA) is 78.4 Å². The Hall–Kier alpha value is -1.26. The molecule has 1 aliphatic rings. The number of rotatable bonds is 1. The van der Waals surface area contributed by atoms with E-state index in [4.69, 9.17) is 5.11 Å². The van der Waals surface area contributed by atoms with Gasteiger partial charge in [-0.1, -0.05) is 0 Å². The van der Waals surface area contributed by atoms with Gasteiger partial charge in [0.1, 0.15) is 6.04 Å². The summed E-state index contributed by atoms with van der Waals surface area (Å²) in [7, 11) is 0. The molecule has 5 heteroatoms. The van der Waals surface area contributed by atoms with Crippen LogP contribution in [0.2, 0.25) is 0 Å². The van der Waals surface area contributed by atoms with Crippen molar-refractivity contribution in [1.29, 1.82) is 0 Å². The van der Waals surface area contributed by atoms with Gasteiger partial charge in [-0.3, -0.25) is 4.79 Å². The van der Waals surface area contributed by atoms with Crippen molar-refractivity contribution in [1.82, 2.24) is 10.6 Å². The highest BCUT2D eigenvalue weighted by molar-refractivity contribution is 5.87. The lowest BCUT2D eigenvalue weighted by Crippen LogP contribution is -2.39. The summed E-state index contributed by atoms with van der Waals surface area (Å²) in [5.74, 6) is -0.236. The molecule has 0 saturated carbocycles. The van der Waals surface area contributed by atoms with Gasteiger partial charge in [-0.05, 0) is 13.3 Å². The molecule has 2 amide bonds. The second-order valence-corrected chi connectivity index (χ2v) is 2.65. The van der Waals surface area contributed by atoms with E-state index >= 15 is 0 Å². The molecule has 62 valence electrons. The Kier molecular flexibility index (Phi) is 1.98. The fourth-order valence-electron chi connectivity index (χ4n) is 1.14. The summed E-state index contributed by atoms with van der Waals surface area (Å²) in [5.41, 5.74) is 0. The first-order valence-electron chi connectivity index (χ1n) is 3.39. The van der Waals surface area contributed by atoms with E-state index in [1.807, 2.05) is 6.92 Å². The Morgan fingerprint density at radius 1 is 1.82 bits per heavy atom. The molecule has 1 saturated heterocycles. The van der Waals surface area contributed by atoms with Gasteiger partial charge in [0, 0.05) is 6.04 Å². The minimum absolute atomic E-state index is 0.0688. The van der Waals surface area contributed by atoms with Gasteiger partial charge in [0.05, 0.1) is 0 Å². The first-order valence-corrected chi connectivity index (χ1v) is 3.39. The molecule has 0 aromatic heterocycles. The molecule has 11 heavy (non-hydrogen) atoms. The van der Waals surface area contributed by atoms with Crippen LogP contribution in [-0.4, -0.2) is 29.2 Å². The fraction of sp³-hybridized carbons (Fsp3) is 0.667. The number of hydrogen-bond acceptors (Lipinski definition) is 2. The second-order valence-electron chi connectivity index (χ2n) is 2.65. The molecule has 0 bridgehead atoms. The van der Waals surface area contributed by atoms with Gasteiger partial charge in [-0.2, -0.15) is 0 Å². The maximum absolute atomic E-state index is 10.9. The zero-order valence-corrected chi connectivity index (χ0v) is 6.13. The van der Waals surface area contributed by atoms with Crippen LogP contribution in [0.3, 0.4) is 0 Å². The predicted molar refractivity (Wildman–Crippen MR) is 37.2 cm³/mol. The van der Waals surface area contributed by atoms with Crippen LogP contribution in [0.5, 0.6) is 0 Å². The second kappa shape index (κ2) is 2.77. The molecule has 0 unspecified atom stereocenters. The number of carboxylic acid groups (broad SMARTS) is 1. The molecule has 3 N–H and O–H groups in total. The van der Waals surface area contributed by atoms with Gasteiger partial charge in [-0.25, -0.2) is 4.79 Å². The molecule has 0 radical (unpaired) electrons. The number of hydrogen-bond donors (Lipinski definition) is 3. The third-order valence-electron chi connectivity index (χ3n) is 1.59. The van der Waals surface area contributed by atoms with E-state index in [0.717, 1.165) is 0 Å². The summed E-state index contributed by atoms with van der Waals surface area (Å²) in [6, 6.07) is -0.498. The monoisotopic (exact) mass is 158 g/mol. The van der Waals surface area contributed by atoms with Gasteiger partial charge in [0.2, 0.25) is 5.91 Å². The fourth-order valence-corrected chi connectivity index (χ4v) is 1.14.